The molecule has 0 aromatic heterocycles. The lowest BCUT2D eigenvalue weighted by molar-refractivity contribution is -0.0295. The largest absolute Gasteiger partial charge is 0.719 e. The fourth-order valence-electron chi connectivity index (χ4n) is 1.90. The normalized spacial score (nSPS) is 33.2. The molecule has 0 aliphatic carbocycles. The molecule has 0 aromatic rings. The molecular formula is C11H21BO5PS2-. The number of methoxy groups -OCH3 is 2. The second-order valence-corrected chi connectivity index (χ2v) is 10.7. The summed E-state index contributed by atoms with van der Waals surface area (Å²) in [6, 6.07) is -0.584. The van der Waals surface area contributed by atoms with Crippen molar-refractivity contribution in [2.24, 2.45) is 0 Å². The predicted octanol–water partition coefficient (Wildman–Crippen LogP) is 0.819. The Kier molecular flexibility index (Phi) is 8.61. The molecule has 0 spiro atoms. The Hall–Kier alpha value is 0.865. The molecule has 0 N–H and O–H groups in total. The Bertz CT molecular complexity index is 336. The van der Waals surface area contributed by atoms with Gasteiger partial charge in [-0.25, -0.2) is 0 Å². The monoisotopic (exact) mass is 339 g/mol. The van der Waals surface area contributed by atoms with Gasteiger partial charge in [-0.1, -0.05) is 24.2 Å². The van der Waals surface area contributed by atoms with Gasteiger partial charge in [0.15, 0.2) is 0 Å². The standard InChI is InChI=1S/C11H22BO5PS2/c1-4-18(19,20)17-9-8(7-14-3)16-11(12)10(9)15-6-5-13-2/h8-11H,4-7H2,1-3H3,(H,19,20)/p-1/t8-,9+,10?,11-/m1/s1. The van der Waals surface area contributed by atoms with Gasteiger partial charge in [-0.05, 0) is 6.16 Å². The van der Waals surface area contributed by atoms with Crippen molar-refractivity contribution in [1.29, 1.82) is 0 Å². The second-order valence-electron chi connectivity index (χ2n) is 4.42. The second kappa shape index (κ2) is 9.11. The van der Waals surface area contributed by atoms with Gasteiger partial charge in [0.25, 0.3) is 0 Å². The minimum Gasteiger partial charge on any atom is -0.719 e. The van der Waals surface area contributed by atoms with Gasteiger partial charge in [0, 0.05) is 20.2 Å². The third kappa shape index (κ3) is 5.57. The van der Waals surface area contributed by atoms with Crippen molar-refractivity contribution in [3.63, 3.8) is 0 Å². The molecule has 2 radical (unpaired) electrons. The SMILES string of the molecule is [B][C@@H]1O[C@H](COC)[C@H](OP(=S)([S-])CC)C1OCCOC. The lowest BCUT2D eigenvalue weighted by atomic mass is 9.93. The van der Waals surface area contributed by atoms with E-state index >= 15 is 0 Å². The van der Waals surface area contributed by atoms with Crippen LogP contribution < -0.4 is 0 Å². The summed E-state index contributed by atoms with van der Waals surface area (Å²) < 4.78 is 27.3. The van der Waals surface area contributed by atoms with Gasteiger partial charge >= 0.3 is 0 Å². The van der Waals surface area contributed by atoms with E-state index < -0.39 is 23.7 Å². The Labute approximate surface area is 132 Å². The Balaban J connectivity index is 2.74. The molecule has 9 heteroatoms. The summed E-state index contributed by atoms with van der Waals surface area (Å²) in [7, 11) is 9.15. The van der Waals surface area contributed by atoms with Gasteiger partial charge in [-0.15, -0.1) is 0 Å². The van der Waals surface area contributed by atoms with Crippen LogP contribution in [0.25, 0.3) is 0 Å². The topological polar surface area (TPSA) is 46.2 Å². The van der Waals surface area contributed by atoms with Crippen LogP contribution in [-0.2, 0) is 47.5 Å². The predicted molar refractivity (Wildman–Crippen MR) is 85.0 cm³/mol. The zero-order chi connectivity index (χ0) is 15.2. The molecule has 0 amide bonds. The van der Waals surface area contributed by atoms with Gasteiger partial charge in [-0.3, -0.25) is 0 Å². The minimum absolute atomic E-state index is 0.320. The molecule has 1 heterocycles. The highest BCUT2D eigenvalue weighted by molar-refractivity contribution is 8.53. The summed E-state index contributed by atoms with van der Waals surface area (Å²) in [6.45, 7) is 3.16. The van der Waals surface area contributed by atoms with E-state index in [0.717, 1.165) is 0 Å². The summed E-state index contributed by atoms with van der Waals surface area (Å²) in [5.74, 6) is 0. The van der Waals surface area contributed by atoms with Crippen molar-refractivity contribution in [2.45, 2.75) is 31.2 Å². The van der Waals surface area contributed by atoms with E-state index in [1.165, 1.54) is 0 Å². The van der Waals surface area contributed by atoms with E-state index in [4.69, 9.17) is 55.4 Å². The fraction of sp³-hybridized carbons (Fsp3) is 1.00. The molecule has 20 heavy (non-hydrogen) atoms. The molecule has 116 valence electrons. The van der Waals surface area contributed by atoms with E-state index in [9.17, 15) is 0 Å². The van der Waals surface area contributed by atoms with Crippen LogP contribution >= 0.6 is 5.47 Å². The van der Waals surface area contributed by atoms with Crippen LogP contribution in [0.4, 0.5) is 0 Å². The van der Waals surface area contributed by atoms with Crippen LogP contribution in [0.3, 0.4) is 0 Å². The van der Waals surface area contributed by atoms with E-state index in [-0.39, 0.29) is 6.10 Å². The van der Waals surface area contributed by atoms with Crippen molar-refractivity contribution < 1.29 is 23.5 Å². The maximum absolute atomic E-state index is 5.95. The van der Waals surface area contributed by atoms with Crippen molar-refractivity contribution >= 4 is 37.4 Å². The zero-order valence-corrected chi connectivity index (χ0v) is 14.5. The van der Waals surface area contributed by atoms with E-state index in [0.29, 0.717) is 26.0 Å². The molecule has 0 aromatic carbocycles. The number of rotatable bonds is 9. The highest BCUT2D eigenvalue weighted by Gasteiger charge is 2.44. The number of hydrogen-bond acceptors (Lipinski definition) is 7. The van der Waals surface area contributed by atoms with Crippen LogP contribution in [0.15, 0.2) is 0 Å². The fourth-order valence-corrected chi connectivity index (χ4v) is 3.27. The Morgan fingerprint density at radius 1 is 1.25 bits per heavy atom. The first-order valence-electron chi connectivity index (χ1n) is 6.44. The molecule has 5 nitrogen and oxygen atoms in total. The first kappa shape index (κ1) is 18.9. The van der Waals surface area contributed by atoms with Crippen LogP contribution in [0.1, 0.15) is 6.92 Å². The molecule has 5 atom stereocenters. The summed E-state index contributed by atoms with van der Waals surface area (Å²) in [5.41, 5.74) is -2.27. The summed E-state index contributed by atoms with van der Waals surface area (Å²) in [6.07, 6.45) is -0.500. The van der Waals surface area contributed by atoms with Gasteiger partial charge in [0.1, 0.15) is 26.2 Å². The lowest BCUT2D eigenvalue weighted by Gasteiger charge is -2.35. The molecule has 1 saturated heterocycles. The van der Waals surface area contributed by atoms with Crippen LogP contribution in [-0.4, -0.2) is 72.4 Å². The Morgan fingerprint density at radius 3 is 2.50 bits per heavy atom. The van der Waals surface area contributed by atoms with Gasteiger partial charge < -0.3 is 35.7 Å². The minimum atomic E-state index is -2.27. The van der Waals surface area contributed by atoms with Crippen molar-refractivity contribution in [3.05, 3.63) is 0 Å². The molecule has 0 bridgehead atoms. The molecular weight excluding hydrogens is 318 g/mol. The van der Waals surface area contributed by atoms with Crippen LogP contribution in [0.5, 0.6) is 0 Å². The third-order valence-electron chi connectivity index (χ3n) is 2.94. The molecule has 0 saturated carbocycles. The average molecular weight is 339 g/mol. The molecule has 1 aliphatic heterocycles. The van der Waals surface area contributed by atoms with Crippen LogP contribution in [0, 0.1) is 0 Å². The quantitative estimate of drug-likeness (QED) is 0.267. The Morgan fingerprint density at radius 2 is 1.95 bits per heavy atom. The highest BCUT2D eigenvalue weighted by Crippen LogP contribution is 2.48. The molecule has 1 rings (SSSR count). The number of ether oxygens (including phenoxy) is 4. The lowest BCUT2D eigenvalue weighted by Crippen LogP contribution is -2.39. The van der Waals surface area contributed by atoms with Gasteiger partial charge in [-0.2, -0.15) is 0 Å². The van der Waals surface area contributed by atoms with E-state index in [2.05, 4.69) is 0 Å². The molecule has 1 aliphatic rings. The van der Waals surface area contributed by atoms with Crippen molar-refractivity contribution in [1.82, 2.24) is 0 Å². The average Bonchev–Trinajstić information content (AvgIpc) is 2.67. The van der Waals surface area contributed by atoms with Crippen molar-refractivity contribution in [3.8, 4) is 0 Å². The van der Waals surface area contributed by atoms with Gasteiger partial charge in [0.05, 0.1) is 19.8 Å². The van der Waals surface area contributed by atoms with E-state index in [1.807, 2.05) is 6.92 Å². The first-order chi connectivity index (χ1) is 9.45. The molecule has 1 fully saturated rings. The highest BCUT2D eigenvalue weighted by atomic mass is 32.9. The third-order valence-corrected chi connectivity index (χ3v) is 6.35. The van der Waals surface area contributed by atoms with Gasteiger partial charge in [0.2, 0.25) is 0 Å². The number of hydrogen-bond donors (Lipinski definition) is 0. The zero-order valence-electron chi connectivity index (χ0n) is 12.0. The maximum Gasteiger partial charge on any atom is 0.116 e. The smallest absolute Gasteiger partial charge is 0.116 e. The van der Waals surface area contributed by atoms with E-state index in [1.54, 1.807) is 14.2 Å². The summed E-state index contributed by atoms with van der Waals surface area (Å²) >= 11 is 10.7. The summed E-state index contributed by atoms with van der Waals surface area (Å²) in [5, 5.41) is 0. The van der Waals surface area contributed by atoms with Crippen molar-refractivity contribution in [2.75, 3.05) is 40.2 Å². The van der Waals surface area contributed by atoms with Crippen LogP contribution in [0.2, 0.25) is 0 Å². The summed E-state index contributed by atoms with van der Waals surface area (Å²) in [4.78, 5) is 0. The maximum atomic E-state index is 5.95. The molecule has 2 unspecified atom stereocenters. The first-order valence-corrected chi connectivity index (χ1v) is 10.4.